The molecule has 3 nitrogen and oxygen atoms in total. The van der Waals surface area contributed by atoms with E-state index >= 15 is 0 Å². The van der Waals surface area contributed by atoms with E-state index in [1.807, 2.05) is 7.05 Å². The third kappa shape index (κ3) is 2.77. The molecule has 0 aromatic heterocycles. The molecule has 0 spiro atoms. The number of nitrogens with one attached hydrogen (secondary N) is 2. The molecule has 1 aliphatic carbocycles. The van der Waals surface area contributed by atoms with Crippen LogP contribution in [-0.4, -0.2) is 39.4 Å². The van der Waals surface area contributed by atoms with Gasteiger partial charge in [0.1, 0.15) is 0 Å². The molecule has 0 atom stereocenters. The van der Waals surface area contributed by atoms with E-state index < -0.39 is 0 Å². The minimum atomic E-state index is 0.516. The maximum atomic E-state index is 5.17. The standard InChI is InChI=1S/C8H18N2O/c1-9-3-4-10-7-5-8(6-7)11-2/h7-10H,3-6H2,1-2H3. The smallest absolute Gasteiger partial charge is 0.0601 e. The minimum Gasteiger partial charge on any atom is -0.381 e. The predicted molar refractivity (Wildman–Crippen MR) is 45.7 cm³/mol. The fourth-order valence-electron chi connectivity index (χ4n) is 1.33. The van der Waals surface area contributed by atoms with Crippen LogP contribution in [0.2, 0.25) is 0 Å². The van der Waals surface area contributed by atoms with Crippen LogP contribution in [0.3, 0.4) is 0 Å². The van der Waals surface area contributed by atoms with Crippen LogP contribution in [0, 0.1) is 0 Å². The van der Waals surface area contributed by atoms with Crippen LogP contribution in [0.15, 0.2) is 0 Å². The molecule has 0 heterocycles. The Balaban J connectivity index is 1.88. The van der Waals surface area contributed by atoms with Gasteiger partial charge in [0.25, 0.3) is 0 Å². The van der Waals surface area contributed by atoms with Gasteiger partial charge >= 0.3 is 0 Å². The number of rotatable bonds is 5. The van der Waals surface area contributed by atoms with Crippen LogP contribution in [0.25, 0.3) is 0 Å². The zero-order valence-corrected chi connectivity index (χ0v) is 7.39. The summed E-state index contributed by atoms with van der Waals surface area (Å²) in [6, 6.07) is 0.702. The molecule has 2 N–H and O–H groups in total. The lowest BCUT2D eigenvalue weighted by molar-refractivity contribution is 0.0177. The van der Waals surface area contributed by atoms with Gasteiger partial charge in [0.2, 0.25) is 0 Å². The van der Waals surface area contributed by atoms with E-state index in [4.69, 9.17) is 4.74 Å². The molecule has 1 saturated carbocycles. The van der Waals surface area contributed by atoms with Gasteiger partial charge < -0.3 is 15.4 Å². The predicted octanol–water partition coefficient (Wildman–Crippen LogP) is -0.0272. The van der Waals surface area contributed by atoms with E-state index in [1.54, 1.807) is 7.11 Å². The molecule has 0 bridgehead atoms. The fraction of sp³-hybridized carbons (Fsp3) is 1.00. The van der Waals surface area contributed by atoms with Crippen molar-refractivity contribution < 1.29 is 4.74 Å². The summed E-state index contributed by atoms with van der Waals surface area (Å²) in [5.41, 5.74) is 0. The maximum absolute atomic E-state index is 5.17. The Bertz CT molecular complexity index is 102. The van der Waals surface area contributed by atoms with Crippen molar-refractivity contribution in [2.75, 3.05) is 27.2 Å². The summed E-state index contributed by atoms with van der Waals surface area (Å²) in [7, 11) is 3.76. The minimum absolute atomic E-state index is 0.516. The summed E-state index contributed by atoms with van der Waals surface area (Å²) >= 11 is 0. The normalized spacial score (nSPS) is 30.0. The van der Waals surface area contributed by atoms with Crippen molar-refractivity contribution in [3.8, 4) is 0 Å². The van der Waals surface area contributed by atoms with Gasteiger partial charge in [-0.15, -0.1) is 0 Å². The molecular weight excluding hydrogens is 140 g/mol. The van der Waals surface area contributed by atoms with Gasteiger partial charge in [0.15, 0.2) is 0 Å². The van der Waals surface area contributed by atoms with E-state index in [2.05, 4.69) is 10.6 Å². The van der Waals surface area contributed by atoms with Crippen LogP contribution in [0.4, 0.5) is 0 Å². The Labute approximate surface area is 68.5 Å². The number of hydrogen-bond acceptors (Lipinski definition) is 3. The van der Waals surface area contributed by atoms with E-state index in [1.165, 1.54) is 12.8 Å². The lowest BCUT2D eigenvalue weighted by Gasteiger charge is -2.34. The van der Waals surface area contributed by atoms with Gasteiger partial charge in [-0.05, 0) is 19.9 Å². The maximum Gasteiger partial charge on any atom is 0.0601 e. The summed E-state index contributed by atoms with van der Waals surface area (Å²) in [6.07, 6.45) is 2.88. The molecule has 0 radical (unpaired) electrons. The second-order valence-corrected chi connectivity index (χ2v) is 3.08. The van der Waals surface area contributed by atoms with Crippen LogP contribution in [0.1, 0.15) is 12.8 Å². The molecule has 3 heteroatoms. The summed E-state index contributed by atoms with van der Waals surface area (Å²) in [6.45, 7) is 2.12. The molecule has 0 aliphatic heterocycles. The summed E-state index contributed by atoms with van der Waals surface area (Å²) in [5, 5.41) is 6.54. The molecule has 0 unspecified atom stereocenters. The topological polar surface area (TPSA) is 33.3 Å². The van der Waals surface area contributed by atoms with E-state index in [0.717, 1.165) is 13.1 Å². The first kappa shape index (κ1) is 8.97. The first-order chi connectivity index (χ1) is 5.36. The summed E-state index contributed by atoms with van der Waals surface area (Å²) in [4.78, 5) is 0. The van der Waals surface area contributed by atoms with Crippen LogP contribution >= 0.6 is 0 Å². The number of hydrogen-bond donors (Lipinski definition) is 2. The highest BCUT2D eigenvalue weighted by atomic mass is 16.5. The molecule has 1 aliphatic rings. The molecule has 0 aromatic rings. The molecule has 0 aromatic carbocycles. The largest absolute Gasteiger partial charge is 0.381 e. The lowest BCUT2D eigenvalue weighted by atomic mass is 9.89. The average molecular weight is 158 g/mol. The first-order valence-corrected chi connectivity index (χ1v) is 4.27. The van der Waals surface area contributed by atoms with Crippen LogP contribution in [-0.2, 0) is 4.74 Å². The Morgan fingerprint density at radius 1 is 1.36 bits per heavy atom. The molecule has 66 valence electrons. The SMILES string of the molecule is CNCCNC1CC(OC)C1. The van der Waals surface area contributed by atoms with E-state index in [9.17, 15) is 0 Å². The first-order valence-electron chi connectivity index (χ1n) is 4.27. The van der Waals surface area contributed by atoms with Gasteiger partial charge in [-0.3, -0.25) is 0 Å². The Morgan fingerprint density at radius 3 is 2.64 bits per heavy atom. The van der Waals surface area contributed by atoms with Gasteiger partial charge in [0, 0.05) is 26.2 Å². The van der Waals surface area contributed by atoms with Crippen LogP contribution in [0.5, 0.6) is 0 Å². The highest BCUT2D eigenvalue weighted by Gasteiger charge is 2.27. The zero-order valence-electron chi connectivity index (χ0n) is 7.39. The van der Waals surface area contributed by atoms with E-state index in [0.29, 0.717) is 12.1 Å². The third-order valence-corrected chi connectivity index (χ3v) is 2.24. The number of likely N-dealkylation sites (N-methyl/N-ethyl adjacent to an activating group) is 1. The van der Waals surface area contributed by atoms with Crippen LogP contribution < -0.4 is 10.6 Å². The Morgan fingerprint density at radius 2 is 2.09 bits per heavy atom. The molecule has 1 rings (SSSR count). The highest BCUT2D eigenvalue weighted by Crippen LogP contribution is 2.21. The third-order valence-electron chi connectivity index (χ3n) is 2.24. The van der Waals surface area contributed by atoms with Crippen molar-refractivity contribution in [3.63, 3.8) is 0 Å². The van der Waals surface area contributed by atoms with E-state index in [-0.39, 0.29) is 0 Å². The van der Waals surface area contributed by atoms with Crippen molar-refractivity contribution in [1.82, 2.24) is 10.6 Å². The molecular formula is C8H18N2O. The second kappa shape index (κ2) is 4.70. The summed E-state index contributed by atoms with van der Waals surface area (Å²) < 4.78 is 5.17. The van der Waals surface area contributed by atoms with Crippen molar-refractivity contribution in [3.05, 3.63) is 0 Å². The Kier molecular flexibility index (Phi) is 3.83. The monoisotopic (exact) mass is 158 g/mol. The zero-order chi connectivity index (χ0) is 8.10. The summed E-state index contributed by atoms with van der Waals surface area (Å²) in [5.74, 6) is 0. The fourth-order valence-corrected chi connectivity index (χ4v) is 1.33. The second-order valence-electron chi connectivity index (χ2n) is 3.08. The molecule has 11 heavy (non-hydrogen) atoms. The van der Waals surface area contributed by atoms with Crippen molar-refractivity contribution in [2.45, 2.75) is 25.0 Å². The van der Waals surface area contributed by atoms with Gasteiger partial charge in [-0.1, -0.05) is 0 Å². The molecule has 0 amide bonds. The molecule has 0 saturated heterocycles. The average Bonchev–Trinajstić information content (AvgIpc) is 1.94. The lowest BCUT2D eigenvalue weighted by Crippen LogP contribution is -2.46. The molecule has 1 fully saturated rings. The van der Waals surface area contributed by atoms with Gasteiger partial charge in [0.05, 0.1) is 6.10 Å². The number of ether oxygens (including phenoxy) is 1. The number of methoxy groups -OCH3 is 1. The van der Waals surface area contributed by atoms with Crippen molar-refractivity contribution in [2.24, 2.45) is 0 Å². The van der Waals surface area contributed by atoms with Crippen molar-refractivity contribution >= 4 is 0 Å². The van der Waals surface area contributed by atoms with Gasteiger partial charge in [-0.2, -0.15) is 0 Å². The van der Waals surface area contributed by atoms with Gasteiger partial charge in [-0.25, -0.2) is 0 Å². The van der Waals surface area contributed by atoms with Crippen molar-refractivity contribution in [1.29, 1.82) is 0 Å². The highest BCUT2D eigenvalue weighted by molar-refractivity contribution is 4.85. The quantitative estimate of drug-likeness (QED) is 0.551. The Hall–Kier alpha value is -0.120.